The number of ether oxygens (including phenoxy) is 2. The van der Waals surface area contributed by atoms with E-state index in [-0.39, 0.29) is 13.2 Å². The van der Waals surface area contributed by atoms with Crippen molar-refractivity contribution in [2.75, 3.05) is 31.7 Å². The van der Waals surface area contributed by atoms with Crippen LogP contribution in [0.1, 0.15) is 19.3 Å². The molecule has 1 aromatic carbocycles. The molecule has 1 atom stereocenters. The largest absolute Gasteiger partial charge is 0.497 e. The Morgan fingerprint density at radius 2 is 1.69 bits per heavy atom. The zero-order chi connectivity index (χ0) is 22.8. The van der Waals surface area contributed by atoms with Gasteiger partial charge in [-0.05, 0) is 43.5 Å². The number of piperidine rings is 1. The van der Waals surface area contributed by atoms with Gasteiger partial charge >= 0.3 is 5.69 Å². The Bertz CT molecular complexity index is 1200. The summed E-state index contributed by atoms with van der Waals surface area (Å²) in [4.78, 5) is 32.2. The summed E-state index contributed by atoms with van der Waals surface area (Å²) < 4.78 is 15.0. The van der Waals surface area contributed by atoms with Crippen LogP contribution in [0, 0.1) is 0 Å². The van der Waals surface area contributed by atoms with Crippen molar-refractivity contribution in [3.05, 3.63) is 45.1 Å². The lowest BCUT2D eigenvalue weighted by atomic mass is 10.1. The number of methoxy groups -OCH3 is 1. The van der Waals surface area contributed by atoms with Gasteiger partial charge in [-0.25, -0.2) is 4.79 Å². The molecule has 0 bridgehead atoms. The zero-order valence-corrected chi connectivity index (χ0v) is 18.7. The molecule has 1 saturated heterocycles. The first-order valence-corrected chi connectivity index (χ1v) is 10.8. The molecule has 1 fully saturated rings. The van der Waals surface area contributed by atoms with Gasteiger partial charge in [0.05, 0.1) is 13.7 Å². The van der Waals surface area contributed by atoms with Crippen molar-refractivity contribution < 1.29 is 14.6 Å². The molecule has 1 aliphatic rings. The molecule has 0 aliphatic carbocycles. The number of imidazole rings is 1. The number of aliphatic hydroxyl groups excluding tert-OH is 1. The lowest BCUT2D eigenvalue weighted by Gasteiger charge is -2.28. The number of hydrogen-bond acceptors (Lipinski definition) is 7. The van der Waals surface area contributed by atoms with E-state index in [1.54, 1.807) is 43.0 Å². The Hall–Kier alpha value is -3.27. The van der Waals surface area contributed by atoms with Gasteiger partial charge in [0, 0.05) is 27.2 Å². The summed E-state index contributed by atoms with van der Waals surface area (Å²) in [5, 5.41) is 10.8. The van der Waals surface area contributed by atoms with Gasteiger partial charge in [-0.1, -0.05) is 0 Å². The number of hydrogen-bond donors (Lipinski definition) is 1. The van der Waals surface area contributed by atoms with Crippen molar-refractivity contribution in [1.29, 1.82) is 0 Å². The quantitative estimate of drug-likeness (QED) is 0.578. The third-order valence-electron chi connectivity index (χ3n) is 5.86. The summed E-state index contributed by atoms with van der Waals surface area (Å²) >= 11 is 0. The summed E-state index contributed by atoms with van der Waals surface area (Å²) in [6.45, 7) is 1.79. The maximum absolute atomic E-state index is 13.0. The molecule has 0 unspecified atom stereocenters. The first-order chi connectivity index (χ1) is 15.4. The first kappa shape index (κ1) is 21.9. The Morgan fingerprint density at radius 3 is 2.34 bits per heavy atom. The summed E-state index contributed by atoms with van der Waals surface area (Å²) in [6, 6.07) is 7.10. The molecule has 172 valence electrons. The predicted octanol–water partition coefficient (Wildman–Crippen LogP) is 0.873. The van der Waals surface area contributed by atoms with E-state index in [2.05, 4.69) is 9.88 Å². The maximum atomic E-state index is 13.0. The Balaban J connectivity index is 1.66. The molecular formula is C22H29N5O5. The zero-order valence-electron chi connectivity index (χ0n) is 18.7. The number of aryl methyl sites for hydroxylation is 1. The molecule has 0 spiro atoms. The number of aromatic nitrogens is 4. The average molecular weight is 444 g/mol. The number of benzene rings is 1. The normalized spacial score (nSPS) is 15.2. The SMILES string of the molecule is COc1ccc(OC[C@H](O)Cn2c(N3CCCCC3)nc3c2c(=O)n(C)c(=O)n3C)cc1. The van der Waals surface area contributed by atoms with Gasteiger partial charge in [-0.2, -0.15) is 4.98 Å². The number of rotatable bonds is 7. The minimum atomic E-state index is -0.889. The Morgan fingerprint density at radius 1 is 1.03 bits per heavy atom. The van der Waals surface area contributed by atoms with E-state index < -0.39 is 17.4 Å². The first-order valence-electron chi connectivity index (χ1n) is 10.8. The van der Waals surface area contributed by atoms with Crippen molar-refractivity contribution in [1.82, 2.24) is 18.7 Å². The lowest BCUT2D eigenvalue weighted by molar-refractivity contribution is 0.0935. The highest BCUT2D eigenvalue weighted by Crippen LogP contribution is 2.24. The molecule has 1 N–H and O–H groups in total. The van der Waals surface area contributed by atoms with E-state index in [0.717, 1.165) is 42.7 Å². The van der Waals surface area contributed by atoms with Crippen LogP contribution >= 0.6 is 0 Å². The fourth-order valence-electron chi connectivity index (χ4n) is 4.07. The molecule has 3 aromatic rings. The minimum Gasteiger partial charge on any atom is -0.497 e. The summed E-state index contributed by atoms with van der Waals surface area (Å²) in [6.07, 6.45) is 2.32. The molecule has 2 aromatic heterocycles. The van der Waals surface area contributed by atoms with Gasteiger partial charge in [0.2, 0.25) is 5.95 Å². The fraction of sp³-hybridized carbons (Fsp3) is 0.500. The molecule has 0 radical (unpaired) electrons. The second kappa shape index (κ2) is 9.07. The van der Waals surface area contributed by atoms with Crippen LogP contribution in [0.3, 0.4) is 0 Å². The van der Waals surface area contributed by atoms with E-state index >= 15 is 0 Å². The molecule has 0 amide bonds. The summed E-state index contributed by atoms with van der Waals surface area (Å²) in [5.74, 6) is 1.92. The van der Waals surface area contributed by atoms with E-state index in [1.807, 2.05) is 0 Å². The predicted molar refractivity (Wildman–Crippen MR) is 121 cm³/mol. The third kappa shape index (κ3) is 4.10. The van der Waals surface area contributed by atoms with E-state index in [4.69, 9.17) is 9.47 Å². The van der Waals surface area contributed by atoms with Crippen LogP contribution in [0.25, 0.3) is 11.2 Å². The van der Waals surface area contributed by atoms with Crippen LogP contribution < -0.4 is 25.6 Å². The number of fused-ring (bicyclic) bond motifs is 1. The number of aliphatic hydroxyl groups is 1. The van der Waals surface area contributed by atoms with Crippen LogP contribution in [0.15, 0.2) is 33.9 Å². The van der Waals surface area contributed by atoms with Gasteiger partial charge in [0.25, 0.3) is 5.56 Å². The van der Waals surface area contributed by atoms with Crippen LogP contribution in [0.5, 0.6) is 11.5 Å². The highest BCUT2D eigenvalue weighted by molar-refractivity contribution is 5.74. The van der Waals surface area contributed by atoms with E-state index in [1.165, 1.54) is 11.6 Å². The van der Waals surface area contributed by atoms with Gasteiger partial charge < -0.3 is 24.0 Å². The second-order valence-electron chi connectivity index (χ2n) is 8.09. The van der Waals surface area contributed by atoms with Crippen molar-refractivity contribution in [3.8, 4) is 11.5 Å². The van der Waals surface area contributed by atoms with Crippen molar-refractivity contribution in [2.45, 2.75) is 31.9 Å². The highest BCUT2D eigenvalue weighted by atomic mass is 16.5. The van der Waals surface area contributed by atoms with Crippen LogP contribution in [0.2, 0.25) is 0 Å². The van der Waals surface area contributed by atoms with E-state index in [0.29, 0.717) is 22.9 Å². The van der Waals surface area contributed by atoms with Crippen LogP contribution in [-0.4, -0.2) is 56.7 Å². The standard InChI is InChI=1S/C22H29N5O5/c1-24-19-18(20(29)25(2)22(24)30)27(21(23-19)26-11-5-4-6-12-26)13-15(28)14-32-17-9-7-16(31-3)8-10-17/h7-10,15,28H,4-6,11-14H2,1-3H3/t15-/m1/s1. The van der Waals surface area contributed by atoms with Crippen molar-refractivity contribution in [2.24, 2.45) is 14.1 Å². The van der Waals surface area contributed by atoms with Gasteiger partial charge in [-0.3, -0.25) is 13.9 Å². The van der Waals surface area contributed by atoms with E-state index in [9.17, 15) is 14.7 Å². The monoisotopic (exact) mass is 443 g/mol. The lowest BCUT2D eigenvalue weighted by Crippen LogP contribution is -2.38. The number of nitrogens with zero attached hydrogens (tertiary/aromatic N) is 5. The molecule has 10 nitrogen and oxygen atoms in total. The van der Waals surface area contributed by atoms with Gasteiger partial charge in [0.1, 0.15) is 24.2 Å². The highest BCUT2D eigenvalue weighted by Gasteiger charge is 2.25. The average Bonchev–Trinajstić information content (AvgIpc) is 3.20. The minimum absolute atomic E-state index is 0.0392. The molecule has 32 heavy (non-hydrogen) atoms. The smallest absolute Gasteiger partial charge is 0.332 e. The topological polar surface area (TPSA) is 104 Å². The second-order valence-corrected chi connectivity index (χ2v) is 8.09. The van der Waals surface area contributed by atoms with Crippen LogP contribution in [0.4, 0.5) is 5.95 Å². The number of anilines is 1. The summed E-state index contributed by atoms with van der Waals surface area (Å²) in [5.41, 5.74) is -0.233. The molecule has 0 saturated carbocycles. The third-order valence-corrected chi connectivity index (χ3v) is 5.86. The molecular weight excluding hydrogens is 414 g/mol. The maximum Gasteiger partial charge on any atom is 0.332 e. The fourth-order valence-corrected chi connectivity index (χ4v) is 4.07. The Kier molecular flexibility index (Phi) is 6.22. The Labute approximate surface area is 185 Å². The van der Waals surface area contributed by atoms with Crippen molar-refractivity contribution in [3.63, 3.8) is 0 Å². The molecule has 10 heteroatoms. The van der Waals surface area contributed by atoms with Crippen molar-refractivity contribution >= 4 is 17.1 Å². The molecule has 1 aliphatic heterocycles. The van der Waals surface area contributed by atoms with Gasteiger partial charge in [-0.15, -0.1) is 0 Å². The van der Waals surface area contributed by atoms with Gasteiger partial charge in [0.15, 0.2) is 11.2 Å². The molecule has 4 rings (SSSR count). The molecule has 3 heterocycles. The summed E-state index contributed by atoms with van der Waals surface area (Å²) in [7, 11) is 4.64. The van der Waals surface area contributed by atoms with Crippen LogP contribution in [-0.2, 0) is 20.6 Å².